The van der Waals surface area contributed by atoms with Crippen LogP contribution >= 0.6 is 0 Å². The Hall–Kier alpha value is -2.00. The first-order valence-electron chi connectivity index (χ1n) is 10.4. The summed E-state index contributed by atoms with van der Waals surface area (Å²) in [6.45, 7) is 5.10. The molecule has 1 saturated carbocycles. The Kier molecular flexibility index (Phi) is 5.61. The number of nitrogens with zero attached hydrogens (tertiary/aromatic N) is 3. The normalized spacial score (nSPS) is 27.2. The van der Waals surface area contributed by atoms with Crippen molar-refractivity contribution in [2.45, 2.75) is 56.9 Å². The van der Waals surface area contributed by atoms with Gasteiger partial charge < -0.3 is 5.32 Å². The molecule has 3 atom stereocenters. The molecule has 1 aliphatic heterocycles. The largest absolute Gasteiger partial charge is 0.353 e. The Labute approximate surface area is 171 Å². The molecule has 9 heteroatoms. The van der Waals surface area contributed by atoms with Crippen molar-refractivity contribution in [3.8, 4) is 0 Å². The number of nitrogens with one attached hydrogen (secondary N) is 1. The topological polar surface area (TPSA) is 105 Å². The number of fused-ring (bicyclic) bond motifs is 1. The number of amides is 1. The minimum atomic E-state index is -3.71. The smallest absolute Gasteiger partial charge is 0.245 e. The van der Waals surface area contributed by atoms with Crippen LogP contribution in [0.1, 0.15) is 46.0 Å². The Morgan fingerprint density at radius 3 is 2.66 bits per heavy atom. The number of aromatic nitrogens is 2. The molecule has 29 heavy (non-hydrogen) atoms. The molecule has 2 aromatic rings. The summed E-state index contributed by atoms with van der Waals surface area (Å²) >= 11 is 0. The Morgan fingerprint density at radius 2 is 1.90 bits per heavy atom. The Bertz CT molecular complexity index is 981. The van der Waals surface area contributed by atoms with Crippen LogP contribution in [0.25, 0.3) is 11.0 Å². The van der Waals surface area contributed by atoms with E-state index in [4.69, 9.17) is 0 Å². The first kappa shape index (κ1) is 20.3. The lowest BCUT2D eigenvalue weighted by molar-refractivity contribution is -0.127. The fourth-order valence-corrected chi connectivity index (χ4v) is 6.18. The predicted octanol–water partition coefficient (Wildman–Crippen LogP) is 2.56. The van der Waals surface area contributed by atoms with Crippen molar-refractivity contribution in [2.24, 2.45) is 17.8 Å². The van der Waals surface area contributed by atoms with Crippen LogP contribution in [-0.2, 0) is 14.8 Å². The highest BCUT2D eigenvalue weighted by atomic mass is 32.2. The van der Waals surface area contributed by atoms with E-state index in [2.05, 4.69) is 34.1 Å². The summed E-state index contributed by atoms with van der Waals surface area (Å²) in [6, 6.07) is 5.04. The van der Waals surface area contributed by atoms with Gasteiger partial charge in [0.15, 0.2) is 5.52 Å². The number of carbonyl (C=O) groups excluding carboxylic acids is 1. The third-order valence-corrected chi connectivity index (χ3v) is 8.66. The van der Waals surface area contributed by atoms with Gasteiger partial charge in [-0.2, -0.15) is 4.31 Å². The lowest BCUT2D eigenvalue weighted by atomic mass is 9.78. The maximum Gasteiger partial charge on any atom is 0.245 e. The van der Waals surface area contributed by atoms with E-state index in [0.717, 1.165) is 12.8 Å². The highest BCUT2D eigenvalue weighted by Crippen LogP contribution is 2.31. The maximum atomic E-state index is 13.1. The third-order valence-electron chi connectivity index (χ3n) is 6.73. The summed E-state index contributed by atoms with van der Waals surface area (Å²) in [4.78, 5) is 12.9. The molecule has 1 aromatic carbocycles. The van der Waals surface area contributed by atoms with Gasteiger partial charge in [0, 0.05) is 25.0 Å². The molecule has 0 radical (unpaired) electrons. The van der Waals surface area contributed by atoms with Gasteiger partial charge in [-0.15, -0.1) is 0 Å². The first-order chi connectivity index (χ1) is 13.9. The number of sulfonamides is 1. The van der Waals surface area contributed by atoms with Crippen molar-refractivity contribution in [2.75, 3.05) is 13.1 Å². The van der Waals surface area contributed by atoms with E-state index >= 15 is 0 Å². The molecule has 0 unspecified atom stereocenters. The number of hydrogen-bond acceptors (Lipinski definition) is 6. The Morgan fingerprint density at radius 1 is 1.14 bits per heavy atom. The van der Waals surface area contributed by atoms with Gasteiger partial charge in [0.05, 0.1) is 0 Å². The zero-order valence-electron chi connectivity index (χ0n) is 16.9. The molecular weight excluding hydrogens is 392 g/mol. The monoisotopic (exact) mass is 420 g/mol. The van der Waals surface area contributed by atoms with Crippen LogP contribution in [0.5, 0.6) is 0 Å². The fourth-order valence-electron chi connectivity index (χ4n) is 4.57. The van der Waals surface area contributed by atoms with E-state index in [0.29, 0.717) is 43.3 Å². The number of hydrogen-bond donors (Lipinski definition) is 1. The quantitative estimate of drug-likeness (QED) is 0.815. The minimum Gasteiger partial charge on any atom is -0.353 e. The van der Waals surface area contributed by atoms with Crippen LogP contribution in [0.15, 0.2) is 27.7 Å². The standard InChI is InChI=1S/C20H28N4O4S/c1-13-5-3-6-16(14(13)2)21-20(25)15-9-11-24(12-10-15)29(26,27)18-8-4-7-17-19(18)23-28-22-17/h4,7-8,13-16H,3,5-6,9-12H2,1-2H3,(H,21,25)/t13-,14-,16-/m1/s1. The SMILES string of the molecule is C[C@@H]1[C@H](C)CCC[C@H]1NC(=O)C1CCN(S(=O)(=O)c2cccc3nonc23)CC1. The van der Waals surface area contributed by atoms with Crippen molar-refractivity contribution < 1.29 is 17.8 Å². The highest BCUT2D eigenvalue weighted by Gasteiger charge is 2.35. The average molecular weight is 421 g/mol. The molecule has 0 bridgehead atoms. The van der Waals surface area contributed by atoms with E-state index < -0.39 is 10.0 Å². The predicted molar refractivity (Wildman–Crippen MR) is 107 cm³/mol. The van der Waals surface area contributed by atoms with Crippen LogP contribution < -0.4 is 5.32 Å². The highest BCUT2D eigenvalue weighted by molar-refractivity contribution is 7.89. The second kappa shape index (κ2) is 8.02. The summed E-state index contributed by atoms with van der Waals surface area (Å²) < 4.78 is 32.3. The fraction of sp³-hybridized carbons (Fsp3) is 0.650. The van der Waals surface area contributed by atoms with E-state index in [1.807, 2.05) is 0 Å². The molecule has 1 aliphatic carbocycles. The van der Waals surface area contributed by atoms with Crippen molar-refractivity contribution in [1.82, 2.24) is 19.9 Å². The molecule has 2 fully saturated rings. The lowest BCUT2D eigenvalue weighted by Crippen LogP contribution is -2.48. The van der Waals surface area contributed by atoms with Crippen molar-refractivity contribution >= 4 is 27.0 Å². The first-order valence-corrected chi connectivity index (χ1v) is 11.8. The van der Waals surface area contributed by atoms with Gasteiger partial charge in [0.2, 0.25) is 15.9 Å². The van der Waals surface area contributed by atoms with Gasteiger partial charge in [-0.3, -0.25) is 4.79 Å². The van der Waals surface area contributed by atoms with Crippen LogP contribution in [0.3, 0.4) is 0 Å². The summed E-state index contributed by atoms with van der Waals surface area (Å²) in [5.74, 6) is 1.02. The molecule has 8 nitrogen and oxygen atoms in total. The zero-order valence-corrected chi connectivity index (χ0v) is 17.7. The molecule has 0 spiro atoms. The van der Waals surface area contributed by atoms with E-state index in [1.54, 1.807) is 12.1 Å². The van der Waals surface area contributed by atoms with Crippen LogP contribution in [0.4, 0.5) is 0 Å². The number of carbonyl (C=O) groups is 1. The van der Waals surface area contributed by atoms with Crippen molar-refractivity contribution in [1.29, 1.82) is 0 Å². The second-order valence-corrected chi connectivity index (χ2v) is 10.4. The molecule has 2 heterocycles. The lowest BCUT2D eigenvalue weighted by Gasteiger charge is -2.36. The van der Waals surface area contributed by atoms with Crippen molar-refractivity contribution in [3.05, 3.63) is 18.2 Å². The third kappa shape index (κ3) is 3.90. The average Bonchev–Trinajstić information content (AvgIpc) is 3.20. The molecule has 1 amide bonds. The number of benzene rings is 1. The van der Waals surface area contributed by atoms with Crippen LogP contribution in [-0.4, -0.2) is 48.1 Å². The van der Waals surface area contributed by atoms with Gasteiger partial charge in [0.1, 0.15) is 10.4 Å². The molecule has 2 aliphatic rings. The summed E-state index contributed by atoms with van der Waals surface area (Å²) in [5, 5.41) is 10.7. The maximum absolute atomic E-state index is 13.1. The number of piperidine rings is 1. The molecule has 1 saturated heterocycles. The van der Waals surface area contributed by atoms with Gasteiger partial charge in [0.25, 0.3) is 0 Å². The van der Waals surface area contributed by atoms with E-state index in [9.17, 15) is 13.2 Å². The molecule has 4 rings (SSSR count). The summed E-state index contributed by atoms with van der Waals surface area (Å²) in [6.07, 6.45) is 4.44. The summed E-state index contributed by atoms with van der Waals surface area (Å²) in [5.41, 5.74) is 0.656. The Balaban J connectivity index is 1.40. The second-order valence-electron chi connectivity index (χ2n) is 8.45. The van der Waals surface area contributed by atoms with E-state index in [1.165, 1.54) is 16.8 Å². The molecule has 1 N–H and O–H groups in total. The zero-order chi connectivity index (χ0) is 20.6. The van der Waals surface area contributed by atoms with Gasteiger partial charge in [-0.1, -0.05) is 32.8 Å². The van der Waals surface area contributed by atoms with Crippen molar-refractivity contribution in [3.63, 3.8) is 0 Å². The van der Waals surface area contributed by atoms with Crippen LogP contribution in [0, 0.1) is 17.8 Å². The van der Waals surface area contributed by atoms with Gasteiger partial charge in [-0.25, -0.2) is 13.0 Å². The van der Waals surface area contributed by atoms with Gasteiger partial charge in [-0.05, 0) is 53.5 Å². The van der Waals surface area contributed by atoms with Crippen LogP contribution in [0.2, 0.25) is 0 Å². The molecular formula is C20H28N4O4S. The summed E-state index contributed by atoms with van der Waals surface area (Å²) in [7, 11) is -3.71. The molecule has 158 valence electrons. The molecule has 1 aromatic heterocycles. The number of rotatable bonds is 4. The van der Waals surface area contributed by atoms with E-state index in [-0.39, 0.29) is 28.3 Å². The minimum absolute atomic E-state index is 0.0656. The van der Waals surface area contributed by atoms with Gasteiger partial charge >= 0.3 is 0 Å².